The topological polar surface area (TPSA) is 198 Å². The Hall–Kier alpha value is -6.05. The van der Waals surface area contributed by atoms with Crippen LogP contribution >= 0.6 is 15.9 Å². The Morgan fingerprint density at radius 1 is 0.592 bits per heavy atom. The maximum atomic E-state index is 8.96. The second-order valence-electron chi connectivity index (χ2n) is 10.1. The van der Waals surface area contributed by atoms with E-state index in [-0.39, 0.29) is 13.2 Å². The van der Waals surface area contributed by atoms with Crippen LogP contribution in [0.1, 0.15) is 16.7 Å². The highest BCUT2D eigenvalue weighted by atomic mass is 79.9. The number of aromatic nitrogens is 8. The first kappa shape index (κ1) is 34.3. The number of azide groups is 1. The lowest BCUT2D eigenvalue weighted by Gasteiger charge is -2.00. The molecule has 0 atom stereocenters. The first-order chi connectivity index (χ1) is 24.1. The summed E-state index contributed by atoms with van der Waals surface area (Å²) in [5, 5.41) is 16.5. The molecule has 0 aliphatic rings. The van der Waals surface area contributed by atoms with Crippen LogP contribution in [0.2, 0.25) is 0 Å². The van der Waals surface area contributed by atoms with E-state index >= 15 is 0 Å². The first-order valence-corrected chi connectivity index (χ1v) is 15.6. The molecule has 0 fully saturated rings. The molecule has 3 N–H and O–H groups in total. The van der Waals surface area contributed by atoms with E-state index in [0.29, 0.717) is 6.54 Å². The van der Waals surface area contributed by atoms with Crippen molar-refractivity contribution in [2.75, 3.05) is 0 Å². The molecule has 0 aliphatic carbocycles. The summed E-state index contributed by atoms with van der Waals surface area (Å²) in [5.41, 5.74) is 20.0. The first-order valence-electron chi connectivity index (χ1n) is 14.8. The predicted octanol–water partition coefficient (Wildman–Crippen LogP) is 7.04. The minimum absolute atomic E-state index is 0.0125. The second kappa shape index (κ2) is 17.8. The number of aliphatic hydroxyl groups is 1. The van der Waals surface area contributed by atoms with Crippen molar-refractivity contribution in [3.63, 3.8) is 0 Å². The van der Waals surface area contributed by atoms with E-state index in [1.54, 1.807) is 74.4 Å². The maximum Gasteiger partial charge on any atom is 0.0875 e. The van der Waals surface area contributed by atoms with Crippen LogP contribution in [0.15, 0.2) is 132 Å². The van der Waals surface area contributed by atoms with Crippen molar-refractivity contribution in [3.05, 3.63) is 154 Å². The van der Waals surface area contributed by atoms with Gasteiger partial charge in [-0.3, -0.25) is 39.9 Å². The van der Waals surface area contributed by atoms with Gasteiger partial charge in [-0.2, -0.15) is 0 Å². The van der Waals surface area contributed by atoms with Gasteiger partial charge in [0.2, 0.25) is 0 Å². The summed E-state index contributed by atoms with van der Waals surface area (Å²) in [6.07, 6.45) is 20.8. The van der Waals surface area contributed by atoms with E-state index in [2.05, 4.69) is 65.8 Å². The van der Waals surface area contributed by atoms with Crippen molar-refractivity contribution in [2.24, 2.45) is 10.8 Å². The highest BCUT2D eigenvalue weighted by Gasteiger charge is 2.01. The van der Waals surface area contributed by atoms with Gasteiger partial charge in [0.05, 0.1) is 39.7 Å². The van der Waals surface area contributed by atoms with Crippen molar-refractivity contribution < 1.29 is 5.11 Å². The number of nitrogens with two attached hydrogens (primary N) is 1. The summed E-state index contributed by atoms with van der Waals surface area (Å²) < 4.78 is 0.940. The van der Waals surface area contributed by atoms with Gasteiger partial charge in [-0.15, -0.1) is 0 Å². The molecule has 14 heteroatoms. The Kier molecular flexibility index (Phi) is 12.4. The van der Waals surface area contributed by atoms with Crippen LogP contribution in [0.5, 0.6) is 0 Å². The fraction of sp³-hybridized carbons (Fsp3) is 0.0857. The zero-order valence-electron chi connectivity index (χ0n) is 26.0. The average molecular weight is 714 g/mol. The zero-order chi connectivity index (χ0) is 34.3. The van der Waals surface area contributed by atoms with E-state index in [1.807, 2.05) is 48.5 Å². The molecule has 0 saturated heterocycles. The molecule has 0 spiro atoms. The molecule has 13 nitrogen and oxygen atoms in total. The molecular weight excluding hydrogens is 684 g/mol. The maximum absolute atomic E-state index is 8.96. The van der Waals surface area contributed by atoms with Crippen molar-refractivity contribution in [1.82, 2.24) is 39.9 Å². The number of nitrogens with zero attached hydrogens (tertiary/aromatic N) is 11. The molecule has 0 unspecified atom stereocenters. The van der Waals surface area contributed by atoms with Gasteiger partial charge in [-0.05, 0) is 70.0 Å². The van der Waals surface area contributed by atoms with Gasteiger partial charge in [-0.25, -0.2) is 0 Å². The highest BCUT2D eigenvalue weighted by molar-refractivity contribution is 9.10. The molecule has 0 aliphatic heterocycles. The molecule has 0 aromatic carbocycles. The number of rotatable bonds is 4. The van der Waals surface area contributed by atoms with E-state index < -0.39 is 0 Å². The Bertz CT molecular complexity index is 2250. The van der Waals surface area contributed by atoms with Crippen LogP contribution in [0.25, 0.3) is 54.1 Å². The summed E-state index contributed by atoms with van der Waals surface area (Å²) in [6, 6.07) is 15.3. The van der Waals surface area contributed by atoms with Gasteiger partial charge in [0.25, 0.3) is 0 Å². The molecule has 0 radical (unpaired) electrons. The van der Waals surface area contributed by atoms with E-state index in [4.69, 9.17) is 16.4 Å². The Morgan fingerprint density at radius 2 is 1.00 bits per heavy atom. The average Bonchev–Trinajstić information content (AvgIpc) is 3.17. The smallest absolute Gasteiger partial charge is 0.0875 e. The van der Waals surface area contributed by atoms with Gasteiger partial charge in [0, 0.05) is 124 Å². The second-order valence-corrected chi connectivity index (χ2v) is 10.9. The lowest BCUT2D eigenvalue weighted by atomic mass is 10.2. The molecule has 0 amide bonds. The third-order valence-corrected chi connectivity index (χ3v) is 7.50. The lowest BCUT2D eigenvalue weighted by molar-refractivity contribution is 0.282. The SMILES string of the molecule is Brc1cncc2cccnc12.NCc1cncc2cccnc12.OCc1cncc2cccnc12.[N-]=[N+]=NCc1cncc2cccnc12. The highest BCUT2D eigenvalue weighted by Crippen LogP contribution is 2.19. The standard InChI is InChI=1S/C9H7N5.C9H9N3.C9H8N2O.C8H5BrN2/c10-14-13-6-8-5-11-4-7-2-1-3-12-9(7)8;10-4-8-6-11-5-7-2-1-3-12-9(7)8;12-6-8-5-10-4-7-2-1-3-11-9(7)8;9-7-5-10-4-6-2-1-3-11-8(6)7/h1-5H,6H2;1-3,5-6H,4,10H2;1-5,12H,6H2;1-5H. The fourth-order valence-corrected chi connectivity index (χ4v) is 5.08. The van der Waals surface area contributed by atoms with E-state index in [9.17, 15) is 0 Å². The van der Waals surface area contributed by atoms with Crippen molar-refractivity contribution in [2.45, 2.75) is 19.7 Å². The van der Waals surface area contributed by atoms with Gasteiger partial charge in [-0.1, -0.05) is 5.11 Å². The zero-order valence-corrected chi connectivity index (χ0v) is 27.6. The molecule has 0 bridgehead atoms. The number of fused-ring (bicyclic) bond motifs is 4. The lowest BCUT2D eigenvalue weighted by Crippen LogP contribution is -1.98. The van der Waals surface area contributed by atoms with Crippen LogP contribution in [-0.2, 0) is 19.7 Å². The van der Waals surface area contributed by atoms with Crippen LogP contribution in [0.4, 0.5) is 0 Å². The van der Waals surface area contributed by atoms with Gasteiger partial charge in [0.15, 0.2) is 0 Å². The van der Waals surface area contributed by atoms with Crippen LogP contribution in [0, 0.1) is 0 Å². The van der Waals surface area contributed by atoms with Crippen LogP contribution in [0.3, 0.4) is 0 Å². The quantitative estimate of drug-likeness (QED) is 0.108. The molecule has 242 valence electrons. The Balaban J connectivity index is 0.000000128. The molecule has 8 heterocycles. The van der Waals surface area contributed by atoms with Gasteiger partial charge < -0.3 is 10.8 Å². The van der Waals surface area contributed by atoms with Crippen LogP contribution in [-0.4, -0.2) is 45.0 Å². The van der Waals surface area contributed by atoms with Crippen molar-refractivity contribution >= 4 is 59.5 Å². The summed E-state index contributed by atoms with van der Waals surface area (Å²) >= 11 is 3.37. The van der Waals surface area contributed by atoms with E-state index in [1.165, 1.54) is 0 Å². The largest absolute Gasteiger partial charge is 0.392 e. The monoisotopic (exact) mass is 712 g/mol. The third kappa shape index (κ3) is 9.06. The molecule has 0 saturated carbocycles. The van der Waals surface area contributed by atoms with Crippen LogP contribution < -0.4 is 5.73 Å². The number of hydrogen-bond acceptors (Lipinski definition) is 11. The molecule has 8 aromatic heterocycles. The van der Waals surface area contributed by atoms with Crippen molar-refractivity contribution in [3.8, 4) is 0 Å². The minimum atomic E-state index is -0.0125. The van der Waals surface area contributed by atoms with Gasteiger partial charge in [0.1, 0.15) is 0 Å². The number of halogens is 1. The summed E-state index contributed by atoms with van der Waals surface area (Å²) in [6.45, 7) is 0.764. The minimum Gasteiger partial charge on any atom is -0.392 e. The predicted molar refractivity (Wildman–Crippen MR) is 193 cm³/mol. The number of pyridine rings is 8. The summed E-state index contributed by atoms with van der Waals surface area (Å²) in [4.78, 5) is 35.6. The third-order valence-electron chi connectivity index (χ3n) is 6.92. The van der Waals surface area contributed by atoms with E-state index in [0.717, 1.165) is 64.8 Å². The number of aliphatic hydroxyl groups excluding tert-OH is 1. The Labute approximate surface area is 288 Å². The van der Waals surface area contributed by atoms with Crippen molar-refractivity contribution in [1.29, 1.82) is 0 Å². The molecular formula is C35H29BrN12O. The summed E-state index contributed by atoms with van der Waals surface area (Å²) in [5.74, 6) is 0. The molecule has 8 rings (SSSR count). The molecule has 8 aromatic rings. The fourth-order valence-electron chi connectivity index (χ4n) is 4.63. The molecule has 49 heavy (non-hydrogen) atoms. The normalized spacial score (nSPS) is 10.2. The summed E-state index contributed by atoms with van der Waals surface area (Å²) in [7, 11) is 0. The number of hydrogen-bond donors (Lipinski definition) is 2. The Morgan fingerprint density at radius 3 is 1.47 bits per heavy atom. The van der Waals surface area contributed by atoms with Gasteiger partial charge >= 0.3 is 0 Å².